The van der Waals surface area contributed by atoms with E-state index in [2.05, 4.69) is 14.6 Å². The van der Waals surface area contributed by atoms with Gasteiger partial charge in [0.2, 0.25) is 0 Å². The molecule has 0 aliphatic carbocycles. The number of halogens is 4. The smallest absolute Gasteiger partial charge is 0.465 e. The number of aromatic nitrogens is 2. The van der Waals surface area contributed by atoms with Gasteiger partial charge < -0.3 is 9.47 Å². The number of hydrogen-bond acceptors (Lipinski definition) is 5. The van der Waals surface area contributed by atoms with E-state index < -0.39 is 29.5 Å². The number of ether oxygens (including phenoxy) is 2. The molecule has 0 aliphatic rings. The van der Waals surface area contributed by atoms with Crippen molar-refractivity contribution in [3.05, 3.63) is 76.3 Å². The Balaban J connectivity index is 2.13. The highest BCUT2D eigenvalue weighted by Crippen LogP contribution is 2.26. The highest BCUT2D eigenvalue weighted by atomic mass is 19.4. The van der Waals surface area contributed by atoms with E-state index in [1.807, 2.05) is 0 Å². The molecular weight excluding hydrogens is 396 g/mol. The first-order valence-corrected chi connectivity index (χ1v) is 8.03. The lowest BCUT2D eigenvalue weighted by atomic mass is 10.1. The summed E-state index contributed by atoms with van der Waals surface area (Å²) in [5, 5.41) is 4.10. The van der Waals surface area contributed by atoms with Crippen molar-refractivity contribution >= 4 is 5.97 Å². The third-order valence-electron chi connectivity index (χ3n) is 3.75. The van der Waals surface area contributed by atoms with Crippen LogP contribution in [0, 0.1) is 5.82 Å². The van der Waals surface area contributed by atoms with E-state index >= 15 is 0 Å². The molecule has 0 N–H and O–H groups in total. The van der Waals surface area contributed by atoms with Crippen LogP contribution in [0.5, 0.6) is 5.75 Å². The minimum atomic E-state index is -4.84. The summed E-state index contributed by atoms with van der Waals surface area (Å²) in [5.41, 5.74) is -0.803. The molecule has 3 rings (SSSR count). The SMILES string of the molecule is COC(=O)c1cc(-c2ccc(OC(F)(F)F)cc2)nn(-c2cccc(F)c2)c1=O. The van der Waals surface area contributed by atoms with Gasteiger partial charge in [0, 0.05) is 5.56 Å². The first kappa shape index (κ1) is 20.1. The Morgan fingerprint density at radius 3 is 2.34 bits per heavy atom. The Kier molecular flexibility index (Phi) is 5.35. The number of esters is 1. The van der Waals surface area contributed by atoms with Gasteiger partial charge in [-0.25, -0.2) is 9.18 Å². The fourth-order valence-corrected chi connectivity index (χ4v) is 2.50. The number of benzene rings is 2. The van der Waals surface area contributed by atoms with E-state index in [0.717, 1.165) is 36.1 Å². The lowest BCUT2D eigenvalue weighted by molar-refractivity contribution is -0.274. The van der Waals surface area contributed by atoms with Gasteiger partial charge in [0.15, 0.2) is 0 Å². The second-order valence-electron chi connectivity index (χ2n) is 5.70. The maximum absolute atomic E-state index is 13.6. The molecule has 2 aromatic carbocycles. The minimum Gasteiger partial charge on any atom is -0.465 e. The molecular formula is C19H12F4N2O4. The van der Waals surface area contributed by atoms with Crippen molar-refractivity contribution in [1.29, 1.82) is 0 Å². The summed E-state index contributed by atoms with van der Waals surface area (Å²) in [6, 6.07) is 10.8. The molecule has 1 aromatic heterocycles. The summed E-state index contributed by atoms with van der Waals surface area (Å²) in [6.07, 6.45) is -4.84. The van der Waals surface area contributed by atoms with Gasteiger partial charge in [-0.15, -0.1) is 13.2 Å². The van der Waals surface area contributed by atoms with Crippen LogP contribution in [0.2, 0.25) is 0 Å². The second-order valence-corrected chi connectivity index (χ2v) is 5.70. The van der Waals surface area contributed by atoms with Crippen LogP contribution in [0.15, 0.2) is 59.4 Å². The second kappa shape index (κ2) is 7.74. The van der Waals surface area contributed by atoms with Gasteiger partial charge in [-0.2, -0.15) is 9.78 Å². The van der Waals surface area contributed by atoms with Crippen LogP contribution in [0.4, 0.5) is 17.6 Å². The van der Waals surface area contributed by atoms with Crippen LogP contribution in [-0.2, 0) is 4.74 Å². The third-order valence-corrected chi connectivity index (χ3v) is 3.75. The molecule has 29 heavy (non-hydrogen) atoms. The standard InChI is InChI=1S/C19H12F4N2O4/c1-28-18(27)15-10-16(11-5-7-14(8-6-11)29-19(21,22)23)24-25(17(15)26)13-4-2-3-12(20)9-13/h2-10H,1H3. The predicted octanol–water partition coefficient (Wildman–Crippen LogP) is 3.72. The van der Waals surface area contributed by atoms with Crippen LogP contribution >= 0.6 is 0 Å². The lowest BCUT2D eigenvalue weighted by Gasteiger charge is -2.11. The Morgan fingerprint density at radius 1 is 1.07 bits per heavy atom. The Morgan fingerprint density at radius 2 is 1.76 bits per heavy atom. The molecule has 6 nitrogen and oxygen atoms in total. The molecule has 150 valence electrons. The minimum absolute atomic E-state index is 0.0547. The lowest BCUT2D eigenvalue weighted by Crippen LogP contribution is -2.28. The third kappa shape index (κ3) is 4.60. The van der Waals surface area contributed by atoms with Crippen molar-refractivity contribution in [2.45, 2.75) is 6.36 Å². The normalized spacial score (nSPS) is 11.2. The Labute approximate surface area is 160 Å². The molecule has 0 saturated carbocycles. The number of carbonyl (C=O) groups is 1. The van der Waals surface area contributed by atoms with Crippen molar-refractivity contribution in [2.24, 2.45) is 0 Å². The van der Waals surface area contributed by atoms with Gasteiger partial charge in [0.25, 0.3) is 5.56 Å². The molecule has 0 aliphatic heterocycles. The van der Waals surface area contributed by atoms with Gasteiger partial charge in [-0.05, 0) is 48.5 Å². The van der Waals surface area contributed by atoms with Crippen molar-refractivity contribution in [1.82, 2.24) is 9.78 Å². The van der Waals surface area contributed by atoms with Gasteiger partial charge in [-0.3, -0.25) is 4.79 Å². The highest BCUT2D eigenvalue weighted by molar-refractivity contribution is 5.90. The fourth-order valence-electron chi connectivity index (χ4n) is 2.50. The quantitative estimate of drug-likeness (QED) is 0.486. The highest BCUT2D eigenvalue weighted by Gasteiger charge is 2.31. The first-order chi connectivity index (χ1) is 13.7. The summed E-state index contributed by atoms with van der Waals surface area (Å²) in [7, 11) is 1.08. The number of methoxy groups -OCH3 is 1. The Hall–Kier alpha value is -3.69. The van der Waals surface area contributed by atoms with Crippen molar-refractivity contribution in [2.75, 3.05) is 7.11 Å². The summed E-state index contributed by atoms with van der Waals surface area (Å²) >= 11 is 0. The number of hydrogen-bond donors (Lipinski definition) is 0. The van der Waals surface area contributed by atoms with Gasteiger partial charge in [0.05, 0.1) is 18.5 Å². The van der Waals surface area contributed by atoms with E-state index in [4.69, 9.17) is 0 Å². The average Bonchev–Trinajstić information content (AvgIpc) is 2.67. The van der Waals surface area contributed by atoms with Gasteiger partial charge in [-0.1, -0.05) is 6.07 Å². The van der Waals surface area contributed by atoms with Crippen LogP contribution in [-0.4, -0.2) is 29.2 Å². The largest absolute Gasteiger partial charge is 0.573 e. The molecule has 0 atom stereocenters. The summed E-state index contributed by atoms with van der Waals surface area (Å²) in [4.78, 5) is 24.6. The van der Waals surface area contributed by atoms with Gasteiger partial charge >= 0.3 is 12.3 Å². The summed E-state index contributed by atoms with van der Waals surface area (Å²) in [6.45, 7) is 0. The number of carbonyl (C=O) groups excluding carboxylic acids is 1. The Bertz CT molecular complexity index is 1110. The molecule has 10 heteroatoms. The van der Waals surface area contributed by atoms with Crippen LogP contribution < -0.4 is 10.3 Å². The van der Waals surface area contributed by atoms with E-state index in [0.29, 0.717) is 0 Å². The fraction of sp³-hybridized carbons (Fsp3) is 0.105. The van der Waals surface area contributed by atoms with E-state index in [9.17, 15) is 27.2 Å². The molecule has 0 unspecified atom stereocenters. The maximum atomic E-state index is 13.6. The monoisotopic (exact) mass is 408 g/mol. The van der Waals surface area contributed by atoms with Crippen molar-refractivity contribution < 1.29 is 31.8 Å². The van der Waals surface area contributed by atoms with E-state index in [1.165, 1.54) is 30.3 Å². The van der Waals surface area contributed by atoms with E-state index in [1.54, 1.807) is 0 Å². The number of alkyl halides is 3. The zero-order chi connectivity index (χ0) is 21.2. The molecule has 0 spiro atoms. The first-order valence-electron chi connectivity index (χ1n) is 8.03. The number of rotatable bonds is 4. The molecule has 0 amide bonds. The molecule has 0 fully saturated rings. The summed E-state index contributed by atoms with van der Waals surface area (Å²) in [5.74, 6) is -2.02. The maximum Gasteiger partial charge on any atom is 0.573 e. The predicted molar refractivity (Wildman–Crippen MR) is 93.3 cm³/mol. The molecule has 1 heterocycles. The zero-order valence-corrected chi connectivity index (χ0v) is 14.7. The summed E-state index contributed by atoms with van der Waals surface area (Å²) < 4.78 is 59.7. The molecule has 0 radical (unpaired) electrons. The van der Waals surface area contributed by atoms with Crippen LogP contribution in [0.1, 0.15) is 10.4 Å². The zero-order valence-electron chi connectivity index (χ0n) is 14.7. The molecule has 0 bridgehead atoms. The van der Waals surface area contributed by atoms with Gasteiger partial charge in [0.1, 0.15) is 17.1 Å². The van der Waals surface area contributed by atoms with E-state index in [-0.39, 0.29) is 22.5 Å². The number of nitrogens with zero attached hydrogens (tertiary/aromatic N) is 2. The van der Waals surface area contributed by atoms with Crippen LogP contribution in [0.25, 0.3) is 16.9 Å². The average molecular weight is 408 g/mol. The van der Waals surface area contributed by atoms with Crippen LogP contribution in [0.3, 0.4) is 0 Å². The molecule has 0 saturated heterocycles. The molecule has 3 aromatic rings. The topological polar surface area (TPSA) is 70.4 Å². The van der Waals surface area contributed by atoms with Crippen molar-refractivity contribution in [3.63, 3.8) is 0 Å². The van der Waals surface area contributed by atoms with Crippen molar-refractivity contribution in [3.8, 4) is 22.7 Å².